The SMILES string of the molecule is Cc1ccc2ccc(-c3nccc4c3sc3c[c]([Ge]([CH3])([CH3])[CH3])ccc34)cc2c1. The maximum absolute atomic E-state index is 4.79. The van der Waals surface area contributed by atoms with Crippen LogP contribution in [0.1, 0.15) is 5.56 Å². The van der Waals surface area contributed by atoms with E-state index in [1.54, 1.807) is 4.40 Å². The first-order valence-corrected chi connectivity index (χ1v) is 17.9. The summed E-state index contributed by atoms with van der Waals surface area (Å²) in [5.41, 5.74) is 3.59. The molecule has 1 nitrogen and oxygen atoms in total. The van der Waals surface area contributed by atoms with Crippen LogP contribution in [0.15, 0.2) is 66.9 Å². The van der Waals surface area contributed by atoms with E-state index < -0.39 is 13.3 Å². The van der Waals surface area contributed by atoms with Gasteiger partial charge in [0.25, 0.3) is 0 Å². The molecule has 0 aliphatic heterocycles. The van der Waals surface area contributed by atoms with Gasteiger partial charge in [0, 0.05) is 0 Å². The van der Waals surface area contributed by atoms with Crippen LogP contribution >= 0.6 is 11.3 Å². The molecule has 0 bridgehead atoms. The molecule has 0 saturated heterocycles. The van der Waals surface area contributed by atoms with E-state index in [-0.39, 0.29) is 0 Å². The van der Waals surface area contributed by atoms with Crippen LogP contribution in [0.25, 0.3) is 42.2 Å². The third kappa shape index (κ3) is 2.96. The predicted octanol–water partition coefficient (Wildman–Crippen LogP) is 7.12. The Morgan fingerprint density at radius 1 is 0.786 bits per heavy atom. The van der Waals surface area contributed by atoms with Crippen LogP contribution < -0.4 is 4.40 Å². The molecule has 0 fully saturated rings. The van der Waals surface area contributed by atoms with Gasteiger partial charge in [-0.1, -0.05) is 0 Å². The molecule has 0 saturated carbocycles. The Morgan fingerprint density at radius 3 is 2.43 bits per heavy atom. The van der Waals surface area contributed by atoms with Crippen molar-refractivity contribution in [3.8, 4) is 11.3 Å². The molecule has 5 aromatic rings. The number of benzene rings is 3. The van der Waals surface area contributed by atoms with Gasteiger partial charge in [-0.15, -0.1) is 0 Å². The zero-order valence-corrected chi connectivity index (χ0v) is 19.6. The van der Waals surface area contributed by atoms with E-state index in [2.05, 4.69) is 84.9 Å². The minimum atomic E-state index is -1.84. The molecule has 3 aromatic carbocycles. The summed E-state index contributed by atoms with van der Waals surface area (Å²) in [5.74, 6) is 7.37. The number of thiophene rings is 1. The van der Waals surface area contributed by atoms with Crippen molar-refractivity contribution in [3.63, 3.8) is 0 Å². The Balaban J connectivity index is 1.76. The van der Waals surface area contributed by atoms with Crippen molar-refractivity contribution in [1.82, 2.24) is 4.98 Å². The van der Waals surface area contributed by atoms with E-state index >= 15 is 0 Å². The molecule has 0 atom stereocenters. The van der Waals surface area contributed by atoms with Gasteiger partial charge in [0.05, 0.1) is 0 Å². The second kappa shape index (κ2) is 6.43. The number of aromatic nitrogens is 1. The average Bonchev–Trinajstić information content (AvgIpc) is 3.04. The predicted molar refractivity (Wildman–Crippen MR) is 128 cm³/mol. The molecule has 0 spiro atoms. The van der Waals surface area contributed by atoms with Crippen LogP contribution in [0.4, 0.5) is 0 Å². The van der Waals surface area contributed by atoms with E-state index in [1.165, 1.54) is 42.1 Å². The third-order valence-corrected chi connectivity index (χ3v) is 11.0. The first kappa shape index (κ1) is 17.9. The molecule has 0 unspecified atom stereocenters. The molecule has 0 aliphatic carbocycles. The quantitative estimate of drug-likeness (QED) is 0.265. The van der Waals surface area contributed by atoms with E-state index in [0.29, 0.717) is 0 Å². The van der Waals surface area contributed by atoms with Crippen LogP contribution in [0.3, 0.4) is 0 Å². The van der Waals surface area contributed by atoms with Crippen molar-refractivity contribution < 1.29 is 0 Å². The minimum absolute atomic E-state index is 1.10. The van der Waals surface area contributed by atoms with Crippen molar-refractivity contribution in [2.24, 2.45) is 0 Å². The van der Waals surface area contributed by atoms with Gasteiger partial charge in [0.1, 0.15) is 0 Å². The van der Waals surface area contributed by atoms with Crippen molar-refractivity contribution in [1.29, 1.82) is 0 Å². The summed E-state index contributed by atoms with van der Waals surface area (Å²) in [7, 11) is 0. The van der Waals surface area contributed by atoms with Gasteiger partial charge in [-0.2, -0.15) is 0 Å². The van der Waals surface area contributed by atoms with Gasteiger partial charge >= 0.3 is 173 Å². The van der Waals surface area contributed by atoms with Gasteiger partial charge in [0.15, 0.2) is 0 Å². The Bertz CT molecular complexity index is 1360. The summed E-state index contributed by atoms with van der Waals surface area (Å²) in [6.07, 6.45) is 1.96. The summed E-state index contributed by atoms with van der Waals surface area (Å²) in [5, 5.41) is 5.23. The molecule has 0 radical (unpaired) electrons. The molecular formula is C25H23GeNS. The summed E-state index contributed by atoms with van der Waals surface area (Å²) in [6, 6.07) is 22.6. The first-order valence-electron chi connectivity index (χ1n) is 9.73. The summed E-state index contributed by atoms with van der Waals surface area (Å²) in [6.45, 7) is 2.15. The van der Waals surface area contributed by atoms with Gasteiger partial charge in [-0.3, -0.25) is 0 Å². The number of rotatable bonds is 2. The normalized spacial score (nSPS) is 12.3. The Hall–Kier alpha value is -2.17. The molecule has 28 heavy (non-hydrogen) atoms. The molecule has 3 heteroatoms. The van der Waals surface area contributed by atoms with Crippen LogP contribution in [-0.4, -0.2) is 18.3 Å². The summed E-state index contributed by atoms with van der Waals surface area (Å²) in [4.78, 5) is 4.79. The van der Waals surface area contributed by atoms with Crippen LogP contribution in [0, 0.1) is 6.92 Å². The van der Waals surface area contributed by atoms with E-state index in [9.17, 15) is 0 Å². The molecule has 5 rings (SSSR count). The van der Waals surface area contributed by atoms with Crippen molar-refractivity contribution >= 4 is 59.9 Å². The van der Waals surface area contributed by atoms with Crippen LogP contribution in [0.2, 0.25) is 17.3 Å². The molecular weight excluding hydrogens is 419 g/mol. The van der Waals surface area contributed by atoms with E-state index in [0.717, 1.165) is 5.69 Å². The van der Waals surface area contributed by atoms with Gasteiger partial charge < -0.3 is 0 Å². The monoisotopic (exact) mass is 443 g/mol. The second-order valence-corrected chi connectivity index (χ2v) is 20.4. The average molecular weight is 442 g/mol. The Kier molecular flexibility index (Phi) is 4.11. The molecule has 0 N–H and O–H groups in total. The summed E-state index contributed by atoms with van der Waals surface area (Å²) >= 11 is 0.0508. The molecule has 2 heterocycles. The molecule has 0 aliphatic rings. The fraction of sp³-hybridized carbons (Fsp3) is 0.160. The molecule has 2 aromatic heterocycles. The first-order chi connectivity index (χ1) is 13.4. The zero-order chi connectivity index (χ0) is 19.5. The molecule has 138 valence electrons. The third-order valence-electron chi connectivity index (χ3n) is 5.52. The van der Waals surface area contributed by atoms with Crippen LogP contribution in [-0.2, 0) is 0 Å². The van der Waals surface area contributed by atoms with Crippen molar-refractivity contribution in [3.05, 3.63) is 72.4 Å². The van der Waals surface area contributed by atoms with Gasteiger partial charge in [-0.05, 0) is 0 Å². The van der Waals surface area contributed by atoms with E-state index in [4.69, 9.17) is 4.98 Å². The molecule has 0 amide bonds. The second-order valence-electron chi connectivity index (χ2n) is 8.66. The fourth-order valence-corrected chi connectivity index (χ4v) is 7.79. The standard InChI is InChI=1S/C25H23GeNS/c1-16-5-6-17-7-8-18(14-19(17)13-16)24-25-22(11-12-27-24)21-10-9-20(26(2,3)4)15-23(21)28-25/h5-15H,1-4H3. The van der Waals surface area contributed by atoms with Crippen LogP contribution in [0.5, 0.6) is 0 Å². The zero-order valence-electron chi connectivity index (χ0n) is 16.7. The number of aryl methyl sites for hydroxylation is 1. The van der Waals surface area contributed by atoms with Crippen molar-refractivity contribution in [2.45, 2.75) is 24.2 Å². The van der Waals surface area contributed by atoms with Gasteiger partial charge in [0.2, 0.25) is 0 Å². The number of hydrogen-bond acceptors (Lipinski definition) is 2. The number of hydrogen-bond donors (Lipinski definition) is 0. The van der Waals surface area contributed by atoms with Crippen molar-refractivity contribution in [2.75, 3.05) is 0 Å². The fourth-order valence-electron chi connectivity index (χ4n) is 3.89. The Labute approximate surface area is 172 Å². The number of pyridine rings is 1. The summed E-state index contributed by atoms with van der Waals surface area (Å²) < 4.78 is 4.25. The maximum atomic E-state index is 4.79. The Morgan fingerprint density at radius 2 is 1.61 bits per heavy atom. The van der Waals surface area contributed by atoms with E-state index in [1.807, 2.05) is 17.5 Å². The number of fused-ring (bicyclic) bond motifs is 4. The van der Waals surface area contributed by atoms with Gasteiger partial charge in [-0.25, -0.2) is 0 Å². The topological polar surface area (TPSA) is 12.9 Å². The number of nitrogens with zero attached hydrogens (tertiary/aromatic N) is 1.